The summed E-state index contributed by atoms with van der Waals surface area (Å²) in [5, 5.41) is 65.6. The van der Waals surface area contributed by atoms with E-state index in [1.165, 1.54) is 0 Å². The zero-order valence-electron chi connectivity index (χ0n) is 41.6. The average molecular weight is 1080 g/mol. The summed E-state index contributed by atoms with van der Waals surface area (Å²) in [5.41, 5.74) is 2.41. The molecule has 1 aliphatic rings. The number of carboxylic acid groups (broad SMARTS) is 1. The van der Waals surface area contributed by atoms with E-state index in [2.05, 4.69) is 25.7 Å². The fraction of sp³-hybridized carbons (Fsp3) is 0.625. The molecule has 2 heterocycles. The lowest BCUT2D eigenvalue weighted by Gasteiger charge is -2.46. The van der Waals surface area contributed by atoms with Gasteiger partial charge in [0, 0.05) is 19.6 Å². The second kappa shape index (κ2) is 32.3. The molecule has 7 N–H and O–H groups in total. The number of aliphatic carboxylic acids is 1. The minimum absolute atomic E-state index is 0.0203. The monoisotopic (exact) mass is 1080 g/mol. The number of aliphatic hydroxyl groups excluding tert-OH is 4. The number of hydrogen-bond acceptors (Lipinski definition) is 18. The molecular weight excluding hydrogens is 1010 g/mol. The molecule has 2 amide bonds. The van der Waals surface area contributed by atoms with E-state index < -0.39 is 121 Å². The van der Waals surface area contributed by atoms with Gasteiger partial charge >= 0.3 is 11.9 Å². The number of halogens is 5. The van der Waals surface area contributed by atoms with Gasteiger partial charge in [-0.05, 0) is 29.9 Å². The molecule has 1 saturated heterocycles. The minimum Gasteiger partial charge on any atom is -0.477 e. The van der Waals surface area contributed by atoms with Crippen molar-refractivity contribution in [2.75, 3.05) is 79.2 Å². The van der Waals surface area contributed by atoms with Crippen LogP contribution in [0.5, 0.6) is 5.75 Å². The summed E-state index contributed by atoms with van der Waals surface area (Å²) in [6.45, 7) is 4.72. The maximum absolute atomic E-state index is 13.6. The second-order valence-corrected chi connectivity index (χ2v) is 17.5. The van der Waals surface area contributed by atoms with Gasteiger partial charge in [0.15, 0.2) is 0 Å². The maximum atomic E-state index is 13.6. The lowest BCUT2D eigenvalue weighted by atomic mass is 9.88. The normalized spacial score (nSPS) is 18.5. The van der Waals surface area contributed by atoms with Gasteiger partial charge in [-0.25, -0.2) is 22.6 Å². The highest BCUT2D eigenvalue weighted by molar-refractivity contribution is 5.79. The Balaban J connectivity index is 1.03. The van der Waals surface area contributed by atoms with Crippen LogP contribution in [0, 0.1) is 29.1 Å². The van der Waals surface area contributed by atoms with Gasteiger partial charge in [-0.15, -0.1) is 5.10 Å². The van der Waals surface area contributed by atoms with Crippen molar-refractivity contribution in [2.45, 2.75) is 114 Å². The number of aliphatic hydroxyl groups is 4. The summed E-state index contributed by atoms with van der Waals surface area (Å²) >= 11 is 0. The predicted molar refractivity (Wildman–Crippen MR) is 248 cm³/mol. The topological polar surface area (TPSA) is 298 Å². The van der Waals surface area contributed by atoms with Gasteiger partial charge in [-0.2, -0.15) is 8.78 Å². The van der Waals surface area contributed by atoms with Crippen LogP contribution in [0.3, 0.4) is 0 Å². The standard InChI is InChI=1S/C48H66F5N5O17/c1-29(2)31-9-7-30(8-10-31)23-35(62)54-25-34(61)44(65)46-43(55-36(63)27-59)33(60)24-48(75-46,47(66)67)73-14-6-4-3-5-13-72-28-32-26-58(57-56-32)12-16-69-18-20-71-22-21-70-19-17-68-15-11-37(64)74-45-41(52)39(50)38(49)40(51)42(45)53/h7-10,26,29,33-34,43-44,46,59-61,65H,3-6,11-25,27-28H2,1-2H3,(H,54,62)(H,55,63)(H,66,67)/t33-,34+,43+,44+,46+,48+/m0/s1. The Morgan fingerprint density at radius 2 is 1.37 bits per heavy atom. The molecule has 0 saturated carbocycles. The molecule has 4 rings (SSSR count). The number of ether oxygens (including phenoxy) is 8. The van der Waals surface area contributed by atoms with Gasteiger partial charge in [-0.3, -0.25) is 14.4 Å². The number of unbranched alkanes of at least 4 members (excludes halogenated alkanes) is 3. The molecular formula is C48H66F5N5O17. The van der Waals surface area contributed by atoms with Gasteiger partial charge in [0.05, 0.1) is 110 Å². The number of carboxylic acids is 1. The Bertz CT molecular complexity index is 2220. The minimum atomic E-state index is -2.48. The van der Waals surface area contributed by atoms with Crippen LogP contribution in [0.15, 0.2) is 30.5 Å². The van der Waals surface area contributed by atoms with Crippen molar-refractivity contribution in [1.29, 1.82) is 0 Å². The summed E-state index contributed by atoms with van der Waals surface area (Å²) in [6, 6.07) is 5.96. The summed E-state index contributed by atoms with van der Waals surface area (Å²) < 4.78 is 111. The molecule has 2 aromatic carbocycles. The maximum Gasteiger partial charge on any atom is 0.364 e. The van der Waals surface area contributed by atoms with Crippen molar-refractivity contribution in [3.05, 3.63) is 76.4 Å². The number of esters is 1. The van der Waals surface area contributed by atoms with Crippen LogP contribution in [0.1, 0.15) is 75.1 Å². The lowest BCUT2D eigenvalue weighted by molar-refractivity contribution is -0.310. The van der Waals surface area contributed by atoms with Gasteiger partial charge in [-0.1, -0.05) is 56.2 Å². The summed E-state index contributed by atoms with van der Waals surface area (Å²) in [4.78, 5) is 49.2. The summed E-state index contributed by atoms with van der Waals surface area (Å²) in [6.07, 6.45) is -4.29. The molecule has 420 valence electrons. The molecule has 0 unspecified atom stereocenters. The zero-order valence-corrected chi connectivity index (χ0v) is 41.6. The molecule has 75 heavy (non-hydrogen) atoms. The number of rotatable bonds is 36. The number of nitrogens with one attached hydrogen (secondary N) is 2. The van der Waals surface area contributed by atoms with Crippen molar-refractivity contribution < 1.29 is 105 Å². The number of nitrogens with zero attached hydrogens (tertiary/aromatic N) is 3. The van der Waals surface area contributed by atoms with Crippen molar-refractivity contribution >= 4 is 23.8 Å². The molecule has 6 atom stereocenters. The van der Waals surface area contributed by atoms with Gasteiger partial charge in [0.1, 0.15) is 24.5 Å². The average Bonchev–Trinajstić information content (AvgIpc) is 3.85. The van der Waals surface area contributed by atoms with Gasteiger partial charge < -0.3 is 74.1 Å². The highest BCUT2D eigenvalue weighted by atomic mass is 19.2. The molecule has 3 aromatic rings. The van der Waals surface area contributed by atoms with Crippen LogP contribution in [-0.4, -0.2) is 180 Å². The van der Waals surface area contributed by atoms with E-state index in [0.29, 0.717) is 69.2 Å². The molecule has 1 aliphatic heterocycles. The Labute approximate surface area is 428 Å². The van der Waals surface area contributed by atoms with Crippen molar-refractivity contribution in [1.82, 2.24) is 25.6 Å². The zero-order chi connectivity index (χ0) is 54.9. The largest absolute Gasteiger partial charge is 0.477 e. The van der Waals surface area contributed by atoms with E-state index in [4.69, 9.17) is 33.2 Å². The number of amides is 2. The van der Waals surface area contributed by atoms with Crippen molar-refractivity contribution in [3.63, 3.8) is 0 Å². The first kappa shape index (κ1) is 62.2. The fourth-order valence-corrected chi connectivity index (χ4v) is 7.28. The number of benzene rings is 2. The molecule has 27 heteroatoms. The number of carbonyl (C=O) groups excluding carboxylic acids is 3. The Morgan fingerprint density at radius 1 is 0.787 bits per heavy atom. The third kappa shape index (κ3) is 20.3. The van der Waals surface area contributed by atoms with Gasteiger partial charge in [0.25, 0.3) is 5.79 Å². The molecule has 22 nitrogen and oxygen atoms in total. The van der Waals surface area contributed by atoms with Crippen LogP contribution in [-0.2, 0) is 71.9 Å². The third-order valence-electron chi connectivity index (χ3n) is 11.4. The number of aromatic nitrogens is 3. The molecule has 1 aromatic heterocycles. The van der Waals surface area contributed by atoms with Crippen molar-refractivity contribution in [2.24, 2.45) is 0 Å². The van der Waals surface area contributed by atoms with Crippen LogP contribution < -0.4 is 15.4 Å². The Morgan fingerprint density at radius 3 is 1.97 bits per heavy atom. The van der Waals surface area contributed by atoms with E-state index in [9.17, 15) is 66.7 Å². The van der Waals surface area contributed by atoms with E-state index in [0.717, 1.165) is 5.56 Å². The SMILES string of the molecule is CC(C)c1ccc(CC(=O)NC[C@@H](O)[C@@H](O)[C@@H]2O[C@@](OCCCCCCOCc3cn(CCOCCOCCOCCOCCC(=O)Oc4c(F)c(F)c(F)c(F)c4F)nn3)(C(=O)O)C[C@H](O)[C@H]2NC(=O)CO)cc1. The third-order valence-corrected chi connectivity index (χ3v) is 11.4. The quantitative estimate of drug-likeness (QED) is 0.0109. The van der Waals surface area contributed by atoms with E-state index in [1.807, 2.05) is 38.1 Å². The second-order valence-electron chi connectivity index (χ2n) is 17.5. The highest BCUT2D eigenvalue weighted by Crippen LogP contribution is 2.34. The molecule has 0 radical (unpaired) electrons. The van der Waals surface area contributed by atoms with E-state index in [-0.39, 0.29) is 59.3 Å². The van der Waals surface area contributed by atoms with Crippen molar-refractivity contribution in [3.8, 4) is 5.75 Å². The first-order chi connectivity index (χ1) is 35.9. The molecule has 0 bridgehead atoms. The molecule has 0 aliphatic carbocycles. The van der Waals surface area contributed by atoms with Crippen LogP contribution in [0.25, 0.3) is 0 Å². The fourth-order valence-electron chi connectivity index (χ4n) is 7.28. The van der Waals surface area contributed by atoms with Crippen LogP contribution in [0.4, 0.5) is 22.0 Å². The van der Waals surface area contributed by atoms with Gasteiger partial charge in [0.2, 0.25) is 46.6 Å². The Hall–Kier alpha value is -5.33. The summed E-state index contributed by atoms with van der Waals surface area (Å²) in [5.74, 6) is -19.5. The van der Waals surface area contributed by atoms with E-state index in [1.54, 1.807) is 10.9 Å². The molecule has 1 fully saturated rings. The number of carbonyl (C=O) groups is 4. The highest BCUT2D eigenvalue weighted by Gasteiger charge is 2.56. The number of hydrogen-bond donors (Lipinski definition) is 7. The van der Waals surface area contributed by atoms with Crippen LogP contribution >= 0.6 is 0 Å². The van der Waals surface area contributed by atoms with E-state index >= 15 is 0 Å². The van der Waals surface area contributed by atoms with Crippen LogP contribution in [0.2, 0.25) is 0 Å². The lowest BCUT2D eigenvalue weighted by Crippen LogP contribution is -2.68. The Kier molecular flexibility index (Phi) is 26.8. The first-order valence-corrected chi connectivity index (χ1v) is 24.2. The first-order valence-electron chi connectivity index (χ1n) is 24.2. The summed E-state index contributed by atoms with van der Waals surface area (Å²) in [7, 11) is 0. The smallest absolute Gasteiger partial charge is 0.364 e. The predicted octanol–water partition coefficient (Wildman–Crippen LogP) is 1.74. The molecule has 0 spiro atoms.